The Morgan fingerprint density at radius 3 is 2.55 bits per heavy atom. The van der Waals surface area contributed by atoms with Gasteiger partial charge in [0.2, 0.25) is 0 Å². The van der Waals surface area contributed by atoms with E-state index >= 15 is 0 Å². The second-order valence-electron chi connectivity index (χ2n) is 4.00. The van der Waals surface area contributed by atoms with Crippen LogP contribution < -0.4 is 5.32 Å². The SMILES string of the molecule is CCCC1CC(C)C(NC)C1. The Hall–Kier alpha value is -0.0400. The number of hydrogen-bond acceptors (Lipinski definition) is 1. The summed E-state index contributed by atoms with van der Waals surface area (Å²) in [5.74, 6) is 1.91. The van der Waals surface area contributed by atoms with Gasteiger partial charge in [0.15, 0.2) is 0 Å². The minimum absolute atomic E-state index is 0.798. The average Bonchev–Trinajstić information content (AvgIpc) is 2.32. The van der Waals surface area contributed by atoms with E-state index in [0.717, 1.165) is 17.9 Å². The predicted octanol–water partition coefficient (Wildman–Crippen LogP) is 2.42. The van der Waals surface area contributed by atoms with Gasteiger partial charge in [0.1, 0.15) is 0 Å². The van der Waals surface area contributed by atoms with Gasteiger partial charge in [-0.15, -0.1) is 0 Å². The summed E-state index contributed by atoms with van der Waals surface area (Å²) in [5, 5.41) is 3.40. The largest absolute Gasteiger partial charge is 0.317 e. The van der Waals surface area contributed by atoms with Crippen LogP contribution in [0.4, 0.5) is 0 Å². The van der Waals surface area contributed by atoms with Crippen molar-refractivity contribution in [3.05, 3.63) is 0 Å². The van der Waals surface area contributed by atoms with Gasteiger partial charge in [-0.3, -0.25) is 0 Å². The second-order valence-corrected chi connectivity index (χ2v) is 4.00. The summed E-state index contributed by atoms with van der Waals surface area (Å²) < 4.78 is 0. The van der Waals surface area contributed by atoms with Crippen LogP contribution in [0.5, 0.6) is 0 Å². The summed E-state index contributed by atoms with van der Waals surface area (Å²) in [7, 11) is 2.09. The van der Waals surface area contributed by atoms with Gasteiger partial charge >= 0.3 is 0 Å². The quantitative estimate of drug-likeness (QED) is 0.660. The van der Waals surface area contributed by atoms with Crippen LogP contribution in [0.25, 0.3) is 0 Å². The van der Waals surface area contributed by atoms with Crippen LogP contribution in [-0.2, 0) is 0 Å². The van der Waals surface area contributed by atoms with Crippen molar-refractivity contribution < 1.29 is 0 Å². The molecular formula is C10H21N. The van der Waals surface area contributed by atoms with E-state index in [1.54, 1.807) is 0 Å². The van der Waals surface area contributed by atoms with Crippen LogP contribution >= 0.6 is 0 Å². The van der Waals surface area contributed by atoms with Gasteiger partial charge in [-0.05, 0) is 31.7 Å². The molecule has 1 N–H and O–H groups in total. The number of hydrogen-bond donors (Lipinski definition) is 1. The molecule has 0 aromatic heterocycles. The van der Waals surface area contributed by atoms with Gasteiger partial charge in [0.05, 0.1) is 0 Å². The van der Waals surface area contributed by atoms with E-state index in [4.69, 9.17) is 0 Å². The van der Waals surface area contributed by atoms with Crippen molar-refractivity contribution in [3.63, 3.8) is 0 Å². The molecule has 3 unspecified atom stereocenters. The molecule has 0 aromatic rings. The lowest BCUT2D eigenvalue weighted by Crippen LogP contribution is -2.27. The Balaban J connectivity index is 2.30. The molecule has 1 heteroatoms. The molecule has 0 bridgehead atoms. The predicted molar refractivity (Wildman–Crippen MR) is 49.6 cm³/mol. The molecule has 3 atom stereocenters. The zero-order valence-corrected chi connectivity index (χ0v) is 8.06. The molecule has 1 saturated carbocycles. The van der Waals surface area contributed by atoms with Crippen LogP contribution in [0.3, 0.4) is 0 Å². The monoisotopic (exact) mass is 155 g/mol. The molecule has 1 rings (SSSR count). The fraction of sp³-hybridized carbons (Fsp3) is 1.00. The van der Waals surface area contributed by atoms with Crippen LogP contribution in [0.15, 0.2) is 0 Å². The standard InChI is InChI=1S/C10H21N/c1-4-5-9-6-8(2)10(7-9)11-3/h8-11H,4-7H2,1-3H3. The van der Waals surface area contributed by atoms with Crippen molar-refractivity contribution in [1.82, 2.24) is 5.32 Å². The molecule has 1 fully saturated rings. The summed E-state index contributed by atoms with van der Waals surface area (Å²) >= 11 is 0. The topological polar surface area (TPSA) is 12.0 Å². The van der Waals surface area contributed by atoms with Gasteiger partial charge < -0.3 is 5.32 Å². The highest BCUT2D eigenvalue weighted by molar-refractivity contribution is 4.84. The third-order valence-electron chi connectivity index (χ3n) is 3.05. The van der Waals surface area contributed by atoms with E-state index in [9.17, 15) is 0 Å². The van der Waals surface area contributed by atoms with Crippen molar-refractivity contribution in [2.45, 2.75) is 45.6 Å². The van der Waals surface area contributed by atoms with E-state index in [2.05, 4.69) is 26.2 Å². The first-order valence-corrected chi connectivity index (χ1v) is 4.95. The molecule has 0 radical (unpaired) electrons. The minimum Gasteiger partial charge on any atom is -0.317 e. The fourth-order valence-electron chi connectivity index (χ4n) is 2.42. The average molecular weight is 155 g/mol. The van der Waals surface area contributed by atoms with Crippen LogP contribution in [-0.4, -0.2) is 13.1 Å². The molecule has 1 nitrogen and oxygen atoms in total. The van der Waals surface area contributed by atoms with Crippen LogP contribution in [0, 0.1) is 11.8 Å². The molecule has 1 aliphatic rings. The number of nitrogens with one attached hydrogen (secondary N) is 1. The first kappa shape index (κ1) is 9.05. The van der Waals surface area contributed by atoms with Gasteiger partial charge in [-0.25, -0.2) is 0 Å². The maximum absolute atomic E-state index is 3.40. The Labute approximate surface area is 70.6 Å². The van der Waals surface area contributed by atoms with E-state index in [1.165, 1.54) is 25.7 Å². The highest BCUT2D eigenvalue weighted by atomic mass is 14.9. The molecule has 0 heterocycles. The van der Waals surface area contributed by atoms with Crippen molar-refractivity contribution in [2.75, 3.05) is 7.05 Å². The van der Waals surface area contributed by atoms with Crippen molar-refractivity contribution >= 4 is 0 Å². The molecule has 1 aliphatic carbocycles. The molecule has 0 saturated heterocycles. The second kappa shape index (κ2) is 4.10. The Bertz CT molecular complexity index is 111. The first-order chi connectivity index (χ1) is 5.27. The first-order valence-electron chi connectivity index (χ1n) is 4.95. The normalized spacial score (nSPS) is 37.9. The maximum Gasteiger partial charge on any atom is 0.00924 e. The maximum atomic E-state index is 3.40. The summed E-state index contributed by atoms with van der Waals surface area (Å²) in [6.07, 6.45) is 5.64. The van der Waals surface area contributed by atoms with E-state index in [0.29, 0.717) is 0 Å². The summed E-state index contributed by atoms with van der Waals surface area (Å²) in [4.78, 5) is 0. The zero-order valence-electron chi connectivity index (χ0n) is 8.06. The highest BCUT2D eigenvalue weighted by Gasteiger charge is 2.28. The molecule has 0 amide bonds. The third kappa shape index (κ3) is 2.19. The molecule has 0 aliphatic heterocycles. The van der Waals surface area contributed by atoms with E-state index in [-0.39, 0.29) is 0 Å². The molecule has 66 valence electrons. The van der Waals surface area contributed by atoms with Gasteiger partial charge in [0, 0.05) is 6.04 Å². The van der Waals surface area contributed by atoms with Crippen LogP contribution in [0.1, 0.15) is 39.5 Å². The van der Waals surface area contributed by atoms with Gasteiger partial charge in [-0.1, -0.05) is 26.7 Å². The Kier molecular flexibility index (Phi) is 3.38. The van der Waals surface area contributed by atoms with Crippen LogP contribution in [0.2, 0.25) is 0 Å². The smallest absolute Gasteiger partial charge is 0.00924 e. The Morgan fingerprint density at radius 2 is 2.09 bits per heavy atom. The molecule has 11 heavy (non-hydrogen) atoms. The lowest BCUT2D eigenvalue weighted by atomic mass is 10.0. The molecule has 0 aromatic carbocycles. The molecule has 0 spiro atoms. The van der Waals surface area contributed by atoms with E-state index in [1.807, 2.05) is 0 Å². The van der Waals surface area contributed by atoms with Gasteiger partial charge in [0.25, 0.3) is 0 Å². The van der Waals surface area contributed by atoms with Gasteiger partial charge in [-0.2, -0.15) is 0 Å². The fourth-order valence-corrected chi connectivity index (χ4v) is 2.42. The third-order valence-corrected chi connectivity index (χ3v) is 3.05. The highest BCUT2D eigenvalue weighted by Crippen LogP contribution is 2.33. The summed E-state index contributed by atoms with van der Waals surface area (Å²) in [6, 6.07) is 0.798. The van der Waals surface area contributed by atoms with E-state index < -0.39 is 0 Å². The van der Waals surface area contributed by atoms with Crippen molar-refractivity contribution in [2.24, 2.45) is 11.8 Å². The summed E-state index contributed by atoms with van der Waals surface area (Å²) in [6.45, 7) is 4.66. The minimum atomic E-state index is 0.798. The van der Waals surface area contributed by atoms with Crippen molar-refractivity contribution in [1.29, 1.82) is 0 Å². The Morgan fingerprint density at radius 1 is 1.36 bits per heavy atom. The zero-order chi connectivity index (χ0) is 8.27. The summed E-state index contributed by atoms with van der Waals surface area (Å²) in [5.41, 5.74) is 0. The number of rotatable bonds is 3. The van der Waals surface area contributed by atoms with Crippen molar-refractivity contribution in [3.8, 4) is 0 Å². The molecular weight excluding hydrogens is 134 g/mol. The lowest BCUT2D eigenvalue weighted by Gasteiger charge is -2.12. The lowest BCUT2D eigenvalue weighted by molar-refractivity contribution is 0.459.